The SMILES string of the molecule is COC(=O)Cn1ncc(NC2CCC(N)CC2)c(Cl)c1=O. The summed E-state index contributed by atoms with van der Waals surface area (Å²) in [4.78, 5) is 23.2. The average Bonchev–Trinajstić information content (AvgIpc) is 2.49. The number of carbonyl (C=O) groups is 1. The first kappa shape index (κ1) is 15.8. The molecule has 7 nitrogen and oxygen atoms in total. The zero-order valence-electron chi connectivity index (χ0n) is 11.8. The van der Waals surface area contributed by atoms with Gasteiger partial charge in [-0.3, -0.25) is 9.59 Å². The number of rotatable bonds is 4. The third-order valence-electron chi connectivity index (χ3n) is 3.62. The molecule has 2 rings (SSSR count). The molecule has 0 aromatic carbocycles. The maximum absolute atomic E-state index is 12.0. The van der Waals surface area contributed by atoms with Crippen molar-refractivity contribution in [1.82, 2.24) is 9.78 Å². The number of methoxy groups -OCH3 is 1. The molecule has 116 valence electrons. The lowest BCUT2D eigenvalue weighted by Gasteiger charge is -2.27. The molecule has 1 aliphatic carbocycles. The summed E-state index contributed by atoms with van der Waals surface area (Å²) < 4.78 is 5.48. The van der Waals surface area contributed by atoms with E-state index in [9.17, 15) is 9.59 Å². The van der Waals surface area contributed by atoms with Gasteiger partial charge in [0, 0.05) is 12.1 Å². The van der Waals surface area contributed by atoms with Gasteiger partial charge >= 0.3 is 5.97 Å². The van der Waals surface area contributed by atoms with Crippen LogP contribution in [0, 0.1) is 0 Å². The lowest BCUT2D eigenvalue weighted by molar-refractivity contribution is -0.141. The summed E-state index contributed by atoms with van der Waals surface area (Å²) in [6.07, 6.45) is 5.22. The van der Waals surface area contributed by atoms with E-state index in [2.05, 4.69) is 15.2 Å². The van der Waals surface area contributed by atoms with Crippen molar-refractivity contribution in [2.24, 2.45) is 5.73 Å². The summed E-state index contributed by atoms with van der Waals surface area (Å²) >= 11 is 6.06. The topological polar surface area (TPSA) is 99.2 Å². The molecule has 0 radical (unpaired) electrons. The van der Waals surface area contributed by atoms with E-state index >= 15 is 0 Å². The molecule has 0 atom stereocenters. The van der Waals surface area contributed by atoms with E-state index in [0.717, 1.165) is 30.4 Å². The molecule has 0 saturated heterocycles. The maximum atomic E-state index is 12.0. The summed E-state index contributed by atoms with van der Waals surface area (Å²) in [6, 6.07) is 0.490. The predicted molar refractivity (Wildman–Crippen MR) is 79.4 cm³/mol. The predicted octanol–water partition coefficient (Wildman–Crippen LogP) is 0.751. The van der Waals surface area contributed by atoms with Crippen molar-refractivity contribution in [2.75, 3.05) is 12.4 Å². The van der Waals surface area contributed by atoms with E-state index in [0.29, 0.717) is 5.69 Å². The summed E-state index contributed by atoms with van der Waals surface area (Å²) in [5, 5.41) is 7.20. The number of ether oxygens (including phenoxy) is 1. The lowest BCUT2D eigenvalue weighted by Crippen LogP contribution is -2.34. The molecule has 1 aromatic heterocycles. The van der Waals surface area contributed by atoms with E-state index in [-0.39, 0.29) is 23.7 Å². The number of esters is 1. The van der Waals surface area contributed by atoms with Crippen molar-refractivity contribution in [3.63, 3.8) is 0 Å². The van der Waals surface area contributed by atoms with Crippen LogP contribution in [0.25, 0.3) is 0 Å². The minimum absolute atomic E-state index is 0.0313. The molecule has 0 bridgehead atoms. The fourth-order valence-corrected chi connectivity index (χ4v) is 2.55. The van der Waals surface area contributed by atoms with Crippen molar-refractivity contribution < 1.29 is 9.53 Å². The molecule has 1 aliphatic rings. The highest BCUT2D eigenvalue weighted by Gasteiger charge is 2.20. The Bertz CT molecular complexity index is 567. The Morgan fingerprint density at radius 3 is 2.81 bits per heavy atom. The van der Waals surface area contributed by atoms with Crippen LogP contribution in [0.4, 0.5) is 5.69 Å². The Morgan fingerprint density at radius 2 is 2.19 bits per heavy atom. The van der Waals surface area contributed by atoms with Crippen molar-refractivity contribution in [1.29, 1.82) is 0 Å². The third-order valence-corrected chi connectivity index (χ3v) is 3.99. The van der Waals surface area contributed by atoms with Crippen molar-refractivity contribution in [2.45, 2.75) is 44.3 Å². The average molecular weight is 315 g/mol. The molecule has 8 heteroatoms. The standard InChI is InChI=1S/C13H19ClN4O3/c1-21-11(19)7-18-13(20)12(14)10(6-16-18)17-9-4-2-8(15)3-5-9/h6,8-9,17H,2-5,7,15H2,1H3. The van der Waals surface area contributed by atoms with E-state index in [1.54, 1.807) is 0 Å². The summed E-state index contributed by atoms with van der Waals surface area (Å²) in [5.74, 6) is -0.553. The van der Waals surface area contributed by atoms with Crippen LogP contribution in [0.5, 0.6) is 0 Å². The quantitative estimate of drug-likeness (QED) is 0.796. The van der Waals surface area contributed by atoms with E-state index in [1.165, 1.54) is 13.3 Å². The monoisotopic (exact) mass is 314 g/mol. The van der Waals surface area contributed by atoms with Gasteiger partial charge < -0.3 is 15.8 Å². The highest BCUT2D eigenvalue weighted by atomic mass is 35.5. The van der Waals surface area contributed by atoms with Gasteiger partial charge in [0.15, 0.2) is 0 Å². The second-order valence-corrected chi connectivity index (χ2v) is 5.55. The van der Waals surface area contributed by atoms with Gasteiger partial charge in [0.25, 0.3) is 5.56 Å². The smallest absolute Gasteiger partial charge is 0.327 e. The number of halogens is 1. The van der Waals surface area contributed by atoms with Crippen LogP contribution >= 0.6 is 11.6 Å². The molecule has 1 heterocycles. The molecule has 0 unspecified atom stereocenters. The summed E-state index contributed by atoms with van der Waals surface area (Å²) in [7, 11) is 1.25. The van der Waals surface area contributed by atoms with Crippen LogP contribution in [0.3, 0.4) is 0 Å². The van der Waals surface area contributed by atoms with Gasteiger partial charge in [0.2, 0.25) is 0 Å². The number of anilines is 1. The molecule has 1 saturated carbocycles. The second-order valence-electron chi connectivity index (χ2n) is 5.17. The molecule has 21 heavy (non-hydrogen) atoms. The molecule has 0 spiro atoms. The van der Waals surface area contributed by atoms with Gasteiger partial charge in [-0.05, 0) is 25.7 Å². The molecule has 0 amide bonds. The van der Waals surface area contributed by atoms with E-state index in [4.69, 9.17) is 17.3 Å². The first-order chi connectivity index (χ1) is 10.0. The largest absolute Gasteiger partial charge is 0.468 e. The molecule has 3 N–H and O–H groups in total. The summed E-state index contributed by atoms with van der Waals surface area (Å²) in [5.41, 5.74) is 5.84. The first-order valence-electron chi connectivity index (χ1n) is 6.85. The van der Waals surface area contributed by atoms with Crippen LogP contribution in [0.2, 0.25) is 5.02 Å². The minimum Gasteiger partial charge on any atom is -0.468 e. The van der Waals surface area contributed by atoms with Crippen molar-refractivity contribution >= 4 is 23.3 Å². The minimum atomic E-state index is -0.553. The van der Waals surface area contributed by atoms with E-state index in [1.807, 2.05) is 0 Å². The molecule has 0 aliphatic heterocycles. The fraction of sp³-hybridized carbons (Fsp3) is 0.615. The maximum Gasteiger partial charge on any atom is 0.327 e. The highest BCUT2D eigenvalue weighted by Crippen LogP contribution is 2.23. The van der Waals surface area contributed by atoms with Gasteiger partial charge in [0.1, 0.15) is 11.6 Å². The van der Waals surface area contributed by atoms with Gasteiger partial charge in [-0.15, -0.1) is 0 Å². The lowest BCUT2D eigenvalue weighted by atomic mass is 9.92. The van der Waals surface area contributed by atoms with Crippen molar-refractivity contribution in [3.05, 3.63) is 21.6 Å². The van der Waals surface area contributed by atoms with Crippen LogP contribution < -0.4 is 16.6 Å². The van der Waals surface area contributed by atoms with Crippen LogP contribution in [0.15, 0.2) is 11.0 Å². The Morgan fingerprint density at radius 1 is 1.52 bits per heavy atom. The number of aromatic nitrogens is 2. The van der Waals surface area contributed by atoms with Gasteiger partial charge in [-0.25, -0.2) is 4.68 Å². The normalized spacial score (nSPS) is 21.9. The number of hydrogen-bond acceptors (Lipinski definition) is 6. The third kappa shape index (κ3) is 3.95. The van der Waals surface area contributed by atoms with Gasteiger partial charge in [-0.1, -0.05) is 11.6 Å². The molecular formula is C13H19ClN4O3. The zero-order chi connectivity index (χ0) is 15.4. The fourth-order valence-electron chi connectivity index (χ4n) is 2.35. The first-order valence-corrected chi connectivity index (χ1v) is 7.23. The number of nitrogens with zero attached hydrogens (tertiary/aromatic N) is 2. The van der Waals surface area contributed by atoms with Crippen molar-refractivity contribution in [3.8, 4) is 0 Å². The Balaban J connectivity index is 2.09. The van der Waals surface area contributed by atoms with Gasteiger partial charge in [0.05, 0.1) is 19.0 Å². The van der Waals surface area contributed by atoms with Crippen LogP contribution in [-0.4, -0.2) is 34.9 Å². The molecule has 1 fully saturated rings. The second kappa shape index (κ2) is 6.91. The van der Waals surface area contributed by atoms with Crippen LogP contribution in [0.1, 0.15) is 25.7 Å². The van der Waals surface area contributed by atoms with E-state index < -0.39 is 11.5 Å². The van der Waals surface area contributed by atoms with Gasteiger partial charge in [-0.2, -0.15) is 5.10 Å². The molecular weight excluding hydrogens is 296 g/mol. The Labute approximate surface area is 127 Å². The number of hydrogen-bond donors (Lipinski definition) is 2. The number of carbonyl (C=O) groups excluding carboxylic acids is 1. The molecule has 1 aromatic rings. The number of nitrogens with two attached hydrogens (primary N) is 1. The Hall–Kier alpha value is -1.60. The Kier molecular flexibility index (Phi) is 5.19. The van der Waals surface area contributed by atoms with Crippen LogP contribution in [-0.2, 0) is 16.1 Å². The zero-order valence-corrected chi connectivity index (χ0v) is 12.6. The number of nitrogens with one attached hydrogen (secondary N) is 1. The summed E-state index contributed by atoms with van der Waals surface area (Å²) in [6.45, 7) is -0.256. The highest BCUT2D eigenvalue weighted by molar-refractivity contribution is 6.32.